The summed E-state index contributed by atoms with van der Waals surface area (Å²) in [6, 6.07) is 12.1. The van der Waals surface area contributed by atoms with Gasteiger partial charge in [0.05, 0.1) is 10.8 Å². The Morgan fingerprint density at radius 1 is 1.11 bits per heavy atom. The molecule has 27 heavy (non-hydrogen) atoms. The first-order chi connectivity index (χ1) is 13.0. The van der Waals surface area contributed by atoms with E-state index in [2.05, 4.69) is 10.6 Å². The van der Waals surface area contributed by atoms with Crippen molar-refractivity contribution in [2.75, 3.05) is 0 Å². The summed E-state index contributed by atoms with van der Waals surface area (Å²) in [5.41, 5.74) is 0.943. The summed E-state index contributed by atoms with van der Waals surface area (Å²) in [6.45, 7) is 0. The van der Waals surface area contributed by atoms with Crippen molar-refractivity contribution in [3.8, 4) is 0 Å². The van der Waals surface area contributed by atoms with E-state index in [4.69, 9.17) is 5.11 Å². The minimum Gasteiger partial charge on any atom is -0.481 e. The van der Waals surface area contributed by atoms with Crippen molar-refractivity contribution in [3.05, 3.63) is 58.3 Å². The smallest absolute Gasteiger partial charge is 0.306 e. The number of nitrogens with one attached hydrogen (secondary N) is 2. The highest BCUT2D eigenvalue weighted by Crippen LogP contribution is 2.25. The minimum atomic E-state index is -0.821. The molecule has 0 radical (unpaired) electrons. The van der Waals surface area contributed by atoms with Gasteiger partial charge in [0, 0.05) is 12.5 Å². The van der Waals surface area contributed by atoms with Crippen LogP contribution in [-0.2, 0) is 16.0 Å². The summed E-state index contributed by atoms with van der Waals surface area (Å²) >= 11 is 1.32. The lowest BCUT2D eigenvalue weighted by molar-refractivity contribution is -0.141. The second kappa shape index (κ2) is 8.81. The van der Waals surface area contributed by atoms with Crippen LogP contribution >= 0.6 is 11.3 Å². The van der Waals surface area contributed by atoms with Gasteiger partial charge >= 0.3 is 5.97 Å². The zero-order chi connectivity index (χ0) is 19.2. The second-order valence-electron chi connectivity index (χ2n) is 6.75. The molecule has 7 heteroatoms. The molecule has 142 valence electrons. The first kappa shape index (κ1) is 19.1. The van der Waals surface area contributed by atoms with Gasteiger partial charge in [0.25, 0.3) is 5.91 Å². The lowest BCUT2D eigenvalue weighted by atomic mass is 10.0. The van der Waals surface area contributed by atoms with Crippen LogP contribution in [0.3, 0.4) is 0 Å². The highest BCUT2D eigenvalue weighted by atomic mass is 32.1. The van der Waals surface area contributed by atoms with Gasteiger partial charge in [-0.2, -0.15) is 0 Å². The normalized spacial score (nSPS) is 20.0. The lowest BCUT2D eigenvalue weighted by Gasteiger charge is -2.21. The van der Waals surface area contributed by atoms with Crippen molar-refractivity contribution in [2.45, 2.75) is 37.8 Å². The van der Waals surface area contributed by atoms with Crippen LogP contribution < -0.4 is 10.6 Å². The summed E-state index contributed by atoms with van der Waals surface area (Å²) in [4.78, 5) is 36.9. The van der Waals surface area contributed by atoms with Crippen molar-refractivity contribution in [1.29, 1.82) is 0 Å². The molecular weight excluding hydrogens is 364 g/mol. The second-order valence-corrected chi connectivity index (χ2v) is 7.69. The molecule has 0 spiro atoms. The number of thiophene rings is 1. The number of hydrogen-bond acceptors (Lipinski definition) is 4. The van der Waals surface area contributed by atoms with Gasteiger partial charge < -0.3 is 15.7 Å². The highest BCUT2D eigenvalue weighted by Gasteiger charge is 2.32. The van der Waals surface area contributed by atoms with Crippen molar-refractivity contribution < 1.29 is 19.5 Å². The Kier molecular flexibility index (Phi) is 6.24. The fourth-order valence-electron chi connectivity index (χ4n) is 3.33. The van der Waals surface area contributed by atoms with Crippen LogP contribution in [0.4, 0.5) is 0 Å². The van der Waals surface area contributed by atoms with Gasteiger partial charge in [-0.1, -0.05) is 36.4 Å². The van der Waals surface area contributed by atoms with E-state index in [0.29, 0.717) is 30.6 Å². The number of carbonyl (C=O) groups is 3. The molecule has 0 saturated heterocycles. The van der Waals surface area contributed by atoms with Gasteiger partial charge in [-0.15, -0.1) is 11.3 Å². The maximum Gasteiger partial charge on any atom is 0.306 e. The van der Waals surface area contributed by atoms with Gasteiger partial charge in [-0.3, -0.25) is 14.4 Å². The molecule has 0 aliphatic heterocycles. The molecule has 2 amide bonds. The van der Waals surface area contributed by atoms with E-state index < -0.39 is 17.9 Å². The molecule has 1 aromatic carbocycles. The van der Waals surface area contributed by atoms with E-state index in [1.165, 1.54) is 11.3 Å². The molecule has 1 saturated carbocycles. The number of carbonyl (C=O) groups excluding carboxylic acids is 2. The molecule has 3 N–H and O–H groups in total. The molecule has 1 fully saturated rings. The summed E-state index contributed by atoms with van der Waals surface area (Å²) in [6.07, 6.45) is 2.00. The Morgan fingerprint density at radius 2 is 1.89 bits per heavy atom. The van der Waals surface area contributed by atoms with Crippen molar-refractivity contribution in [3.63, 3.8) is 0 Å². The quantitative estimate of drug-likeness (QED) is 0.681. The number of benzene rings is 1. The molecule has 0 bridgehead atoms. The van der Waals surface area contributed by atoms with Gasteiger partial charge in [0.2, 0.25) is 5.91 Å². The van der Waals surface area contributed by atoms with Crippen LogP contribution in [0, 0.1) is 5.92 Å². The number of aliphatic carboxylic acids is 1. The number of carboxylic acids is 1. The topological polar surface area (TPSA) is 95.5 Å². The Balaban J connectivity index is 1.67. The van der Waals surface area contributed by atoms with E-state index in [-0.39, 0.29) is 17.9 Å². The van der Waals surface area contributed by atoms with Gasteiger partial charge in [0.1, 0.15) is 6.04 Å². The highest BCUT2D eigenvalue weighted by molar-refractivity contribution is 7.12. The fourth-order valence-corrected chi connectivity index (χ4v) is 3.96. The third kappa shape index (κ3) is 5.17. The molecule has 3 atom stereocenters. The third-order valence-electron chi connectivity index (χ3n) is 4.78. The molecule has 1 aliphatic rings. The molecule has 6 nitrogen and oxygen atoms in total. The van der Waals surface area contributed by atoms with Crippen LogP contribution in [0.15, 0.2) is 47.8 Å². The number of hydrogen-bond donors (Lipinski definition) is 3. The average Bonchev–Trinajstić information content (AvgIpc) is 3.34. The molecular formula is C20H22N2O4S. The van der Waals surface area contributed by atoms with Crippen LogP contribution in [0.2, 0.25) is 0 Å². The molecule has 1 unspecified atom stereocenters. The summed E-state index contributed by atoms with van der Waals surface area (Å²) in [7, 11) is 0. The lowest BCUT2D eigenvalue weighted by Crippen LogP contribution is -2.50. The number of rotatable bonds is 7. The average molecular weight is 386 g/mol. The summed E-state index contributed by atoms with van der Waals surface area (Å²) in [5.74, 6) is -1.79. The largest absolute Gasteiger partial charge is 0.481 e. The Hall–Kier alpha value is -2.67. The van der Waals surface area contributed by atoms with Crippen molar-refractivity contribution in [1.82, 2.24) is 10.6 Å². The van der Waals surface area contributed by atoms with Gasteiger partial charge in [-0.05, 0) is 36.3 Å². The maximum atomic E-state index is 12.8. The van der Waals surface area contributed by atoms with Crippen molar-refractivity contribution >= 4 is 29.1 Å². The van der Waals surface area contributed by atoms with Crippen LogP contribution in [0.1, 0.15) is 34.5 Å². The van der Waals surface area contributed by atoms with E-state index in [1.807, 2.05) is 35.7 Å². The molecule has 2 aromatic rings. The van der Waals surface area contributed by atoms with E-state index >= 15 is 0 Å². The van der Waals surface area contributed by atoms with Gasteiger partial charge in [0.15, 0.2) is 0 Å². The molecule has 1 aromatic heterocycles. The predicted molar refractivity (Wildman–Crippen MR) is 103 cm³/mol. The SMILES string of the molecule is O=C(NC(Cc1ccccc1)C(=O)N[C@@H]1CC[C@H](C(=O)O)C1)c1cccs1. The maximum absolute atomic E-state index is 12.8. The van der Waals surface area contributed by atoms with Gasteiger partial charge in [-0.25, -0.2) is 0 Å². The zero-order valence-corrected chi connectivity index (χ0v) is 15.6. The standard InChI is InChI=1S/C20H22N2O4S/c23-18(21-15-9-8-14(12-15)20(25)26)16(11-13-5-2-1-3-6-13)22-19(24)17-7-4-10-27-17/h1-7,10,14-16H,8-9,11-12H2,(H,21,23)(H,22,24)(H,25,26)/t14-,15+,16?/m0/s1. The van der Waals surface area contributed by atoms with E-state index in [9.17, 15) is 14.4 Å². The molecule has 1 heterocycles. The first-order valence-corrected chi connectivity index (χ1v) is 9.82. The Labute approximate surface area is 161 Å². The number of amides is 2. The van der Waals surface area contributed by atoms with E-state index in [1.54, 1.807) is 12.1 Å². The van der Waals surface area contributed by atoms with Crippen molar-refractivity contribution in [2.24, 2.45) is 5.92 Å². The van der Waals surface area contributed by atoms with E-state index in [0.717, 1.165) is 5.56 Å². The fraction of sp³-hybridized carbons (Fsp3) is 0.350. The minimum absolute atomic E-state index is 0.171. The Morgan fingerprint density at radius 3 is 2.52 bits per heavy atom. The monoisotopic (exact) mass is 386 g/mol. The summed E-state index contributed by atoms with van der Waals surface area (Å²) < 4.78 is 0. The number of carboxylic acid groups (broad SMARTS) is 1. The van der Waals surface area contributed by atoms with Crippen LogP contribution in [0.25, 0.3) is 0 Å². The van der Waals surface area contributed by atoms with Crippen LogP contribution in [0.5, 0.6) is 0 Å². The molecule has 3 rings (SSSR count). The predicted octanol–water partition coefficient (Wildman–Crippen LogP) is 2.46. The zero-order valence-electron chi connectivity index (χ0n) is 14.8. The third-order valence-corrected chi connectivity index (χ3v) is 5.65. The van der Waals surface area contributed by atoms with Crippen LogP contribution in [-0.4, -0.2) is 35.0 Å². The first-order valence-electron chi connectivity index (χ1n) is 8.94. The molecule has 1 aliphatic carbocycles. The summed E-state index contributed by atoms with van der Waals surface area (Å²) in [5, 5.41) is 16.7. The Bertz CT molecular complexity index is 792.